The average molecular weight is 535 g/mol. The standard InChI is InChI=1S/C23H29N5O2.HI/c1-24-23(26-16-19-7-5-6-8-20(19)28-14-12-25-17-28)27(2)13-11-18-9-10-21(29-3)22(15-18)30-4;/h5-10,12,14-15,17H,11,13,16H2,1-4H3,(H,24,26);1H. The van der Waals surface area contributed by atoms with Crippen molar-refractivity contribution < 1.29 is 9.47 Å². The number of halogens is 1. The maximum atomic E-state index is 5.40. The molecule has 1 aromatic heterocycles. The summed E-state index contributed by atoms with van der Waals surface area (Å²) >= 11 is 0. The molecule has 0 atom stereocenters. The van der Waals surface area contributed by atoms with Crippen molar-refractivity contribution in [3.8, 4) is 17.2 Å². The highest BCUT2D eigenvalue weighted by Gasteiger charge is 2.10. The van der Waals surface area contributed by atoms with Gasteiger partial charge >= 0.3 is 0 Å². The normalized spacial score (nSPS) is 10.9. The number of ether oxygens (including phenoxy) is 2. The number of rotatable bonds is 8. The van der Waals surface area contributed by atoms with E-state index >= 15 is 0 Å². The lowest BCUT2D eigenvalue weighted by atomic mass is 10.1. The first-order chi connectivity index (χ1) is 14.7. The number of hydrogen-bond acceptors (Lipinski definition) is 4. The molecule has 2 aromatic carbocycles. The summed E-state index contributed by atoms with van der Waals surface area (Å²) in [5, 5.41) is 3.46. The molecule has 166 valence electrons. The lowest BCUT2D eigenvalue weighted by molar-refractivity contribution is 0.354. The van der Waals surface area contributed by atoms with Gasteiger partial charge in [-0.3, -0.25) is 4.99 Å². The van der Waals surface area contributed by atoms with Crippen LogP contribution in [-0.4, -0.2) is 55.3 Å². The Hall–Kier alpha value is -2.75. The van der Waals surface area contributed by atoms with Crippen LogP contribution in [0.5, 0.6) is 11.5 Å². The second kappa shape index (κ2) is 12.2. The van der Waals surface area contributed by atoms with Crippen LogP contribution in [0.3, 0.4) is 0 Å². The molecule has 0 saturated carbocycles. The van der Waals surface area contributed by atoms with Crippen LogP contribution in [0.25, 0.3) is 5.69 Å². The second-order valence-electron chi connectivity index (χ2n) is 6.86. The number of likely N-dealkylation sites (N-methyl/N-ethyl adjacent to an activating group) is 1. The van der Waals surface area contributed by atoms with Gasteiger partial charge < -0.3 is 24.3 Å². The molecule has 0 amide bonds. The number of para-hydroxylation sites is 1. The van der Waals surface area contributed by atoms with Gasteiger partial charge in [-0.1, -0.05) is 24.3 Å². The highest BCUT2D eigenvalue weighted by atomic mass is 127. The van der Waals surface area contributed by atoms with Crippen molar-refractivity contribution in [3.05, 3.63) is 72.3 Å². The van der Waals surface area contributed by atoms with Gasteiger partial charge in [-0.05, 0) is 35.7 Å². The van der Waals surface area contributed by atoms with Gasteiger partial charge in [0, 0.05) is 39.6 Å². The van der Waals surface area contributed by atoms with Crippen LogP contribution in [0.2, 0.25) is 0 Å². The number of nitrogens with one attached hydrogen (secondary N) is 1. The van der Waals surface area contributed by atoms with Crippen molar-refractivity contribution in [3.63, 3.8) is 0 Å². The van der Waals surface area contributed by atoms with Crippen molar-refractivity contribution in [2.24, 2.45) is 4.99 Å². The van der Waals surface area contributed by atoms with Crippen molar-refractivity contribution in [2.45, 2.75) is 13.0 Å². The fourth-order valence-corrected chi connectivity index (χ4v) is 3.31. The maximum Gasteiger partial charge on any atom is 0.193 e. The molecule has 0 aliphatic carbocycles. The summed E-state index contributed by atoms with van der Waals surface area (Å²) in [6.07, 6.45) is 6.40. The molecule has 3 aromatic rings. The predicted molar refractivity (Wildman–Crippen MR) is 135 cm³/mol. The predicted octanol–water partition coefficient (Wildman–Crippen LogP) is 3.76. The zero-order valence-electron chi connectivity index (χ0n) is 18.4. The number of methoxy groups -OCH3 is 2. The number of nitrogens with zero attached hydrogens (tertiary/aromatic N) is 4. The first-order valence-electron chi connectivity index (χ1n) is 9.85. The Balaban J connectivity index is 0.00000341. The van der Waals surface area contributed by atoms with Crippen LogP contribution in [0.1, 0.15) is 11.1 Å². The molecule has 0 fully saturated rings. The zero-order chi connectivity index (χ0) is 21.3. The molecule has 31 heavy (non-hydrogen) atoms. The fraction of sp³-hybridized carbons (Fsp3) is 0.304. The summed E-state index contributed by atoms with van der Waals surface area (Å²) in [6.45, 7) is 1.49. The van der Waals surface area contributed by atoms with Gasteiger partial charge in [-0.15, -0.1) is 24.0 Å². The Labute approximate surface area is 201 Å². The fourth-order valence-electron chi connectivity index (χ4n) is 3.31. The number of aromatic nitrogens is 2. The smallest absolute Gasteiger partial charge is 0.193 e. The molecule has 0 aliphatic heterocycles. The third kappa shape index (κ3) is 6.36. The van der Waals surface area contributed by atoms with Crippen LogP contribution in [0, 0.1) is 0 Å². The molecule has 0 bridgehead atoms. The topological polar surface area (TPSA) is 63.9 Å². The van der Waals surface area contributed by atoms with Gasteiger partial charge in [-0.2, -0.15) is 0 Å². The first kappa shape index (κ1) is 24.5. The van der Waals surface area contributed by atoms with Crippen LogP contribution < -0.4 is 14.8 Å². The minimum atomic E-state index is 0. The Morgan fingerprint density at radius 1 is 1.13 bits per heavy atom. The highest BCUT2D eigenvalue weighted by Crippen LogP contribution is 2.27. The average Bonchev–Trinajstić information content (AvgIpc) is 3.33. The van der Waals surface area contributed by atoms with Crippen molar-refractivity contribution in [1.82, 2.24) is 19.8 Å². The summed E-state index contributed by atoms with van der Waals surface area (Å²) in [5.74, 6) is 2.33. The molecule has 3 rings (SSSR count). The molecule has 0 saturated heterocycles. The van der Waals surface area contributed by atoms with E-state index in [1.165, 1.54) is 11.1 Å². The molecule has 0 radical (unpaired) electrons. The van der Waals surface area contributed by atoms with Crippen LogP contribution >= 0.6 is 24.0 Å². The number of imidazole rings is 1. The van der Waals surface area contributed by atoms with Gasteiger partial charge in [0.2, 0.25) is 0 Å². The molecule has 0 aliphatic rings. The Morgan fingerprint density at radius 3 is 2.58 bits per heavy atom. The quantitative estimate of drug-likeness (QED) is 0.271. The van der Waals surface area contributed by atoms with E-state index in [0.717, 1.165) is 36.1 Å². The van der Waals surface area contributed by atoms with Crippen LogP contribution in [0.15, 0.2) is 66.2 Å². The van der Waals surface area contributed by atoms with Gasteiger partial charge in [0.1, 0.15) is 0 Å². The first-order valence-corrected chi connectivity index (χ1v) is 9.85. The van der Waals surface area contributed by atoms with E-state index in [0.29, 0.717) is 6.54 Å². The number of benzene rings is 2. The lowest BCUT2D eigenvalue weighted by Gasteiger charge is -2.23. The molecule has 0 unspecified atom stereocenters. The Kier molecular flexibility index (Phi) is 9.64. The second-order valence-corrected chi connectivity index (χ2v) is 6.86. The van der Waals surface area contributed by atoms with Crippen molar-refractivity contribution in [1.29, 1.82) is 0 Å². The summed E-state index contributed by atoms with van der Waals surface area (Å²) in [5.41, 5.74) is 3.45. The Bertz CT molecular complexity index is 976. The summed E-state index contributed by atoms with van der Waals surface area (Å²) < 4.78 is 12.7. The Morgan fingerprint density at radius 2 is 1.90 bits per heavy atom. The molecule has 0 spiro atoms. The number of hydrogen-bond donors (Lipinski definition) is 1. The van der Waals surface area contributed by atoms with Crippen LogP contribution in [0.4, 0.5) is 0 Å². The van der Waals surface area contributed by atoms with E-state index < -0.39 is 0 Å². The third-order valence-corrected chi connectivity index (χ3v) is 4.97. The molecule has 1 N–H and O–H groups in total. The molecule has 8 heteroatoms. The summed E-state index contributed by atoms with van der Waals surface area (Å²) in [4.78, 5) is 10.7. The molecule has 1 heterocycles. The third-order valence-electron chi connectivity index (χ3n) is 4.97. The lowest BCUT2D eigenvalue weighted by Crippen LogP contribution is -2.39. The zero-order valence-corrected chi connectivity index (χ0v) is 20.7. The van der Waals surface area contributed by atoms with Gasteiger partial charge in [0.25, 0.3) is 0 Å². The van der Waals surface area contributed by atoms with Crippen molar-refractivity contribution in [2.75, 3.05) is 34.9 Å². The van der Waals surface area contributed by atoms with E-state index in [1.807, 2.05) is 48.4 Å². The minimum absolute atomic E-state index is 0. The van der Waals surface area contributed by atoms with Gasteiger partial charge in [-0.25, -0.2) is 4.98 Å². The summed E-state index contributed by atoms with van der Waals surface area (Å²) in [6, 6.07) is 14.3. The van der Waals surface area contributed by atoms with E-state index in [4.69, 9.17) is 9.47 Å². The van der Waals surface area contributed by atoms with E-state index in [1.54, 1.807) is 27.5 Å². The maximum absolute atomic E-state index is 5.40. The monoisotopic (exact) mass is 535 g/mol. The van der Waals surface area contributed by atoms with E-state index in [2.05, 4.69) is 38.4 Å². The SMILES string of the molecule is CN=C(NCc1ccccc1-n1ccnc1)N(C)CCc1ccc(OC)c(OC)c1.I. The minimum Gasteiger partial charge on any atom is -0.493 e. The van der Waals surface area contributed by atoms with Crippen LogP contribution in [-0.2, 0) is 13.0 Å². The van der Waals surface area contributed by atoms with E-state index in [9.17, 15) is 0 Å². The van der Waals surface area contributed by atoms with Crippen molar-refractivity contribution >= 4 is 29.9 Å². The van der Waals surface area contributed by atoms with Gasteiger partial charge in [0.15, 0.2) is 17.5 Å². The molecule has 7 nitrogen and oxygen atoms in total. The van der Waals surface area contributed by atoms with E-state index in [-0.39, 0.29) is 24.0 Å². The van der Waals surface area contributed by atoms with Gasteiger partial charge in [0.05, 0.1) is 26.2 Å². The largest absolute Gasteiger partial charge is 0.493 e. The molecular weight excluding hydrogens is 505 g/mol. The summed E-state index contributed by atoms with van der Waals surface area (Å²) in [7, 11) is 7.14. The number of guanidine groups is 1. The number of aliphatic imine (C=N–C) groups is 1. The molecular formula is C23H30IN5O2. The highest BCUT2D eigenvalue weighted by molar-refractivity contribution is 14.0.